The van der Waals surface area contributed by atoms with Gasteiger partial charge in [-0.1, -0.05) is 6.07 Å². The molecule has 0 saturated carbocycles. The van der Waals surface area contributed by atoms with Crippen LogP contribution >= 0.6 is 0 Å². The predicted molar refractivity (Wildman–Crippen MR) is 67.5 cm³/mol. The monoisotopic (exact) mass is 264 g/mol. The van der Waals surface area contributed by atoms with E-state index in [2.05, 4.69) is 15.0 Å². The molecule has 2 N–H and O–H groups in total. The highest BCUT2D eigenvalue weighted by molar-refractivity contribution is 7.90. The van der Waals surface area contributed by atoms with Gasteiger partial charge in [-0.15, -0.1) is 0 Å². The van der Waals surface area contributed by atoms with Gasteiger partial charge in [0, 0.05) is 35.5 Å². The molecule has 2 aromatic rings. The molecule has 0 amide bonds. The van der Waals surface area contributed by atoms with Crippen molar-refractivity contribution in [2.75, 3.05) is 12.0 Å². The number of anilines is 1. The zero-order valence-electron chi connectivity index (χ0n) is 9.95. The third-order valence-electron chi connectivity index (χ3n) is 2.42. The van der Waals surface area contributed by atoms with E-state index < -0.39 is 9.84 Å². The van der Waals surface area contributed by atoms with Gasteiger partial charge in [-0.05, 0) is 13.0 Å². The summed E-state index contributed by atoms with van der Waals surface area (Å²) in [6.45, 7) is 1.83. The lowest BCUT2D eigenvalue weighted by Gasteiger charge is -2.07. The number of aryl methyl sites for hydroxylation is 1. The Kier molecular flexibility index (Phi) is 3.00. The number of hydrogen-bond acceptors (Lipinski definition) is 6. The van der Waals surface area contributed by atoms with Crippen molar-refractivity contribution in [1.29, 1.82) is 0 Å². The summed E-state index contributed by atoms with van der Waals surface area (Å²) in [5.74, 6) is 0.126. The van der Waals surface area contributed by atoms with Crippen molar-refractivity contribution >= 4 is 15.7 Å². The van der Waals surface area contributed by atoms with Gasteiger partial charge in [-0.2, -0.15) is 0 Å². The molecule has 7 heteroatoms. The first kappa shape index (κ1) is 12.4. The molecule has 0 saturated heterocycles. The molecule has 0 fully saturated rings. The quantitative estimate of drug-likeness (QED) is 0.807. The molecule has 0 spiro atoms. The highest BCUT2D eigenvalue weighted by Gasteiger charge is 2.15. The number of nitrogens with two attached hydrogens (primary N) is 1. The highest BCUT2D eigenvalue weighted by Crippen LogP contribution is 2.25. The van der Waals surface area contributed by atoms with Gasteiger partial charge >= 0.3 is 0 Å². The zero-order chi connectivity index (χ0) is 13.3. The maximum Gasteiger partial charge on any atom is 0.248 e. The molecular formula is C11H12N4O2S. The van der Waals surface area contributed by atoms with Crippen LogP contribution in [0.4, 0.5) is 5.82 Å². The van der Waals surface area contributed by atoms with Gasteiger partial charge in [-0.3, -0.25) is 4.98 Å². The third-order valence-corrected chi connectivity index (χ3v) is 3.28. The molecule has 6 nitrogen and oxygen atoms in total. The molecule has 2 aromatic heterocycles. The van der Waals surface area contributed by atoms with Gasteiger partial charge < -0.3 is 5.73 Å². The van der Waals surface area contributed by atoms with Crippen LogP contribution in [0.2, 0.25) is 0 Å². The van der Waals surface area contributed by atoms with Gasteiger partial charge in [0.1, 0.15) is 5.82 Å². The Balaban J connectivity index is 2.59. The fourth-order valence-electron chi connectivity index (χ4n) is 1.53. The van der Waals surface area contributed by atoms with E-state index in [0.717, 1.165) is 17.5 Å². The van der Waals surface area contributed by atoms with E-state index in [9.17, 15) is 8.42 Å². The minimum atomic E-state index is -3.45. The van der Waals surface area contributed by atoms with E-state index in [4.69, 9.17) is 5.73 Å². The number of aromatic nitrogens is 3. The van der Waals surface area contributed by atoms with Gasteiger partial charge in [0.15, 0.2) is 0 Å². The van der Waals surface area contributed by atoms with Crippen molar-refractivity contribution in [2.24, 2.45) is 0 Å². The Hall–Kier alpha value is -2.02. The Morgan fingerprint density at radius 3 is 2.50 bits per heavy atom. The van der Waals surface area contributed by atoms with Crippen molar-refractivity contribution in [3.63, 3.8) is 0 Å². The largest absolute Gasteiger partial charge is 0.383 e. The van der Waals surface area contributed by atoms with E-state index in [-0.39, 0.29) is 11.0 Å². The predicted octanol–water partition coefficient (Wildman–Crippen LogP) is 0.833. The number of nitrogens with zero attached hydrogens (tertiary/aromatic N) is 3. The van der Waals surface area contributed by atoms with E-state index >= 15 is 0 Å². The van der Waals surface area contributed by atoms with Crippen LogP contribution in [0.3, 0.4) is 0 Å². The topological polar surface area (TPSA) is 98.8 Å². The van der Waals surface area contributed by atoms with Crippen LogP contribution < -0.4 is 5.73 Å². The summed E-state index contributed by atoms with van der Waals surface area (Å²) in [7, 11) is -3.45. The van der Waals surface area contributed by atoms with Crippen LogP contribution in [-0.4, -0.2) is 29.6 Å². The molecule has 0 aliphatic heterocycles. The lowest BCUT2D eigenvalue weighted by molar-refractivity contribution is 0.593. The summed E-state index contributed by atoms with van der Waals surface area (Å²) in [4.78, 5) is 11.8. The minimum absolute atomic E-state index is 0.126. The first-order valence-corrected chi connectivity index (χ1v) is 7.03. The molecule has 18 heavy (non-hydrogen) atoms. The van der Waals surface area contributed by atoms with Crippen molar-refractivity contribution in [3.8, 4) is 11.1 Å². The van der Waals surface area contributed by atoms with Crippen LogP contribution in [0.5, 0.6) is 0 Å². The average Bonchev–Trinajstić information content (AvgIpc) is 2.29. The number of nitrogen functional groups attached to an aromatic ring is 1. The summed E-state index contributed by atoms with van der Waals surface area (Å²) >= 11 is 0. The van der Waals surface area contributed by atoms with Crippen molar-refractivity contribution in [1.82, 2.24) is 15.0 Å². The molecular weight excluding hydrogens is 252 g/mol. The smallest absolute Gasteiger partial charge is 0.248 e. The Bertz CT molecular complexity index is 698. The molecule has 2 rings (SSSR count). The van der Waals surface area contributed by atoms with Crippen molar-refractivity contribution in [2.45, 2.75) is 12.1 Å². The molecule has 0 atom stereocenters. The first-order chi connectivity index (χ1) is 8.39. The van der Waals surface area contributed by atoms with Gasteiger partial charge in [0.05, 0.1) is 0 Å². The second kappa shape index (κ2) is 4.34. The Morgan fingerprint density at radius 2 is 1.94 bits per heavy atom. The molecule has 0 aliphatic carbocycles. The molecule has 0 aromatic carbocycles. The highest BCUT2D eigenvalue weighted by atomic mass is 32.2. The molecule has 0 bridgehead atoms. The van der Waals surface area contributed by atoms with Crippen LogP contribution in [0.25, 0.3) is 11.1 Å². The molecule has 94 valence electrons. The molecule has 0 radical (unpaired) electrons. The molecule has 2 heterocycles. The standard InChI is InChI=1S/C11H12N4O2S/c1-7-8(4-3-5-13-7)9-6-14-11(15-10(9)12)18(2,16)17/h3-6H,1-2H3,(H2,12,14,15). The molecule has 0 unspecified atom stereocenters. The Labute approximate surface area is 105 Å². The number of hydrogen-bond donors (Lipinski definition) is 1. The summed E-state index contributed by atoms with van der Waals surface area (Å²) in [6.07, 6.45) is 4.11. The van der Waals surface area contributed by atoms with Crippen molar-refractivity contribution < 1.29 is 8.42 Å². The van der Waals surface area contributed by atoms with Gasteiger partial charge in [-0.25, -0.2) is 18.4 Å². The summed E-state index contributed by atoms with van der Waals surface area (Å²) < 4.78 is 22.6. The normalized spacial score (nSPS) is 11.4. The number of rotatable bonds is 2. The fraction of sp³-hybridized carbons (Fsp3) is 0.182. The number of sulfone groups is 1. The fourth-order valence-corrected chi connectivity index (χ4v) is 2.04. The average molecular weight is 264 g/mol. The van der Waals surface area contributed by atoms with Crippen LogP contribution in [-0.2, 0) is 9.84 Å². The van der Waals surface area contributed by atoms with E-state index in [1.165, 1.54) is 6.20 Å². The lowest BCUT2D eigenvalue weighted by atomic mass is 10.1. The zero-order valence-corrected chi connectivity index (χ0v) is 10.8. The maximum absolute atomic E-state index is 11.3. The number of pyridine rings is 1. The third kappa shape index (κ3) is 2.30. The summed E-state index contributed by atoms with van der Waals surface area (Å²) in [6, 6.07) is 3.60. The minimum Gasteiger partial charge on any atom is -0.383 e. The van der Waals surface area contributed by atoms with Crippen LogP contribution in [0.1, 0.15) is 5.69 Å². The van der Waals surface area contributed by atoms with E-state index in [1.54, 1.807) is 12.3 Å². The molecule has 0 aliphatic rings. The SMILES string of the molecule is Cc1ncccc1-c1cnc(S(C)(=O)=O)nc1N. The first-order valence-electron chi connectivity index (χ1n) is 5.14. The van der Waals surface area contributed by atoms with Gasteiger partial charge in [0.25, 0.3) is 0 Å². The van der Waals surface area contributed by atoms with Crippen LogP contribution in [0.15, 0.2) is 29.7 Å². The van der Waals surface area contributed by atoms with Crippen molar-refractivity contribution in [3.05, 3.63) is 30.2 Å². The summed E-state index contributed by atoms with van der Waals surface area (Å²) in [5, 5.41) is -0.273. The summed E-state index contributed by atoms with van der Waals surface area (Å²) in [5.41, 5.74) is 7.92. The van der Waals surface area contributed by atoms with Gasteiger partial charge in [0.2, 0.25) is 15.0 Å². The maximum atomic E-state index is 11.3. The van der Waals surface area contributed by atoms with E-state index in [1.807, 2.05) is 13.0 Å². The van der Waals surface area contributed by atoms with E-state index in [0.29, 0.717) is 5.56 Å². The second-order valence-corrected chi connectivity index (χ2v) is 5.77. The van der Waals surface area contributed by atoms with Crippen LogP contribution in [0, 0.1) is 6.92 Å². The lowest BCUT2D eigenvalue weighted by Crippen LogP contribution is -2.07. The second-order valence-electron chi connectivity index (χ2n) is 3.86. The Morgan fingerprint density at radius 1 is 1.22 bits per heavy atom.